The van der Waals surface area contributed by atoms with E-state index in [-0.39, 0.29) is 0 Å². The molecular weight excluding hydrogens is 873 g/mol. The van der Waals surface area contributed by atoms with Crippen molar-refractivity contribution in [3.05, 3.63) is 278 Å². The zero-order chi connectivity index (χ0) is 48.1. The molecule has 2 heterocycles. The minimum atomic E-state index is 1.09. The molecule has 13 rings (SSSR count). The van der Waals surface area contributed by atoms with Crippen LogP contribution in [0.3, 0.4) is 0 Å². The zero-order valence-corrected chi connectivity index (χ0v) is 40.2. The highest BCUT2D eigenvalue weighted by molar-refractivity contribution is 6.03. The third-order valence-corrected chi connectivity index (χ3v) is 14.1. The number of rotatable bonds is 10. The van der Waals surface area contributed by atoms with E-state index in [1.54, 1.807) is 0 Å². The highest BCUT2D eigenvalue weighted by Gasteiger charge is 2.21. The van der Waals surface area contributed by atoms with Crippen LogP contribution in [0.15, 0.2) is 267 Å². The molecule has 13 aromatic rings. The Balaban J connectivity index is 0.960. The predicted molar refractivity (Wildman–Crippen MR) is 305 cm³/mol. The Labute approximate surface area is 420 Å². The van der Waals surface area contributed by atoms with E-state index in [0.717, 1.165) is 67.9 Å². The number of aryl methyl sites for hydroxylation is 2. The number of fused-ring (bicyclic) bond motifs is 4. The van der Waals surface area contributed by atoms with Gasteiger partial charge in [0.1, 0.15) is 0 Å². The molecule has 0 amide bonds. The van der Waals surface area contributed by atoms with Crippen molar-refractivity contribution in [2.24, 2.45) is 0 Å². The summed E-state index contributed by atoms with van der Waals surface area (Å²) >= 11 is 0. The van der Waals surface area contributed by atoms with Crippen LogP contribution in [0.1, 0.15) is 11.1 Å². The fourth-order valence-corrected chi connectivity index (χ4v) is 10.7. The Bertz CT molecular complexity index is 3840. The normalized spacial score (nSPS) is 11.5. The zero-order valence-electron chi connectivity index (χ0n) is 40.2. The first-order chi connectivity index (χ1) is 35.5. The summed E-state index contributed by atoms with van der Waals surface area (Å²) in [4.78, 5) is 4.69. The van der Waals surface area contributed by atoms with E-state index in [1.807, 2.05) is 0 Å². The average molecular weight is 923 g/mol. The van der Waals surface area contributed by atoms with Crippen LogP contribution in [-0.4, -0.2) is 9.13 Å². The Kier molecular flexibility index (Phi) is 10.6. The average Bonchev–Trinajstić information content (AvgIpc) is 3.99. The Hall–Kier alpha value is -9.38. The van der Waals surface area contributed by atoms with Gasteiger partial charge < -0.3 is 18.9 Å². The number of nitrogens with zero attached hydrogens (tertiary/aromatic N) is 4. The van der Waals surface area contributed by atoms with Gasteiger partial charge in [-0.25, -0.2) is 0 Å². The van der Waals surface area contributed by atoms with Crippen molar-refractivity contribution in [1.29, 1.82) is 0 Å². The van der Waals surface area contributed by atoms with Gasteiger partial charge in [0.25, 0.3) is 0 Å². The summed E-state index contributed by atoms with van der Waals surface area (Å²) in [5, 5.41) is 7.22. The highest BCUT2D eigenvalue weighted by atomic mass is 15.1. The van der Waals surface area contributed by atoms with Crippen LogP contribution in [-0.2, 0) is 0 Å². The van der Waals surface area contributed by atoms with E-state index in [2.05, 4.69) is 300 Å². The van der Waals surface area contributed by atoms with E-state index < -0.39 is 0 Å². The Morgan fingerprint density at radius 3 is 1.01 bits per heavy atom. The molecule has 0 unspecified atom stereocenters. The van der Waals surface area contributed by atoms with Crippen molar-refractivity contribution in [2.75, 3.05) is 9.80 Å². The number of benzene rings is 11. The molecule has 0 radical (unpaired) electrons. The molecule has 0 saturated heterocycles. The number of hydrogen-bond donors (Lipinski definition) is 0. The van der Waals surface area contributed by atoms with Crippen molar-refractivity contribution in [1.82, 2.24) is 9.13 Å². The molecule has 0 saturated carbocycles. The summed E-state index contributed by atoms with van der Waals surface area (Å²) in [7, 11) is 0. The predicted octanol–water partition coefficient (Wildman–Crippen LogP) is 18.8. The largest absolute Gasteiger partial charge is 0.310 e. The first-order valence-electron chi connectivity index (χ1n) is 24.7. The second-order valence-electron chi connectivity index (χ2n) is 18.9. The van der Waals surface area contributed by atoms with Gasteiger partial charge >= 0.3 is 0 Å². The number of hydrogen-bond acceptors (Lipinski definition) is 2. The van der Waals surface area contributed by atoms with Crippen LogP contribution in [0.4, 0.5) is 34.1 Å². The lowest BCUT2D eigenvalue weighted by atomic mass is 10.1. The van der Waals surface area contributed by atoms with Crippen molar-refractivity contribution in [3.8, 4) is 33.9 Å². The molecule has 2 aromatic heterocycles. The number of anilines is 6. The van der Waals surface area contributed by atoms with Gasteiger partial charge in [0.2, 0.25) is 0 Å². The summed E-state index contributed by atoms with van der Waals surface area (Å²) in [6, 6.07) is 97.3. The summed E-state index contributed by atoms with van der Waals surface area (Å²) < 4.78 is 4.89. The summed E-state index contributed by atoms with van der Waals surface area (Å²) in [6.45, 7) is 4.35. The molecule has 0 aliphatic carbocycles. The van der Waals surface area contributed by atoms with Crippen LogP contribution >= 0.6 is 0 Å². The lowest BCUT2D eigenvalue weighted by molar-refractivity contribution is 1.13. The quantitative estimate of drug-likeness (QED) is 0.136. The van der Waals surface area contributed by atoms with E-state index >= 15 is 0 Å². The third-order valence-electron chi connectivity index (χ3n) is 14.1. The molecule has 342 valence electrons. The molecular formula is C68H50N4. The molecule has 4 heteroatoms. The van der Waals surface area contributed by atoms with E-state index in [1.165, 1.54) is 54.6 Å². The van der Waals surface area contributed by atoms with Crippen molar-refractivity contribution >= 4 is 77.5 Å². The van der Waals surface area contributed by atoms with Crippen molar-refractivity contribution in [3.63, 3.8) is 0 Å². The van der Waals surface area contributed by atoms with Crippen LogP contribution in [0, 0.1) is 13.8 Å². The first kappa shape index (κ1) is 42.7. The maximum absolute atomic E-state index is 2.44. The first-order valence-corrected chi connectivity index (χ1v) is 24.7. The number of aromatic nitrogens is 2. The second-order valence-corrected chi connectivity index (χ2v) is 18.9. The van der Waals surface area contributed by atoms with Crippen LogP contribution in [0.5, 0.6) is 0 Å². The van der Waals surface area contributed by atoms with Crippen LogP contribution < -0.4 is 9.80 Å². The second kappa shape index (κ2) is 17.9. The molecule has 0 aliphatic heterocycles. The maximum atomic E-state index is 2.44. The minimum absolute atomic E-state index is 1.09. The topological polar surface area (TPSA) is 16.3 Å². The fourth-order valence-electron chi connectivity index (χ4n) is 10.7. The molecule has 0 spiro atoms. The highest BCUT2D eigenvalue weighted by Crippen LogP contribution is 2.42. The SMILES string of the molecule is Cc1cccc(-c2cc3cc4c(cc(-c5cccc(C)c5)n4-c4ccc(N(c5ccccc5)c5ccc6ccccc6c5)cc4)cc3n2-c2ccc(N(c3ccccc3)c3ccc4ccccc4c3)cc2)c1. The molecule has 72 heavy (non-hydrogen) atoms. The van der Waals surface area contributed by atoms with E-state index in [0.29, 0.717) is 0 Å². The molecule has 0 fully saturated rings. The van der Waals surface area contributed by atoms with Gasteiger partial charge in [-0.15, -0.1) is 0 Å². The van der Waals surface area contributed by atoms with Gasteiger partial charge in [0, 0.05) is 56.3 Å². The molecule has 0 N–H and O–H groups in total. The van der Waals surface area contributed by atoms with Gasteiger partial charge in [-0.05, 0) is 180 Å². The van der Waals surface area contributed by atoms with Gasteiger partial charge in [0.05, 0.1) is 22.4 Å². The minimum Gasteiger partial charge on any atom is -0.310 e. The lowest BCUT2D eigenvalue weighted by Gasteiger charge is -2.26. The Morgan fingerprint density at radius 1 is 0.250 bits per heavy atom. The summed E-state index contributed by atoms with van der Waals surface area (Å²) in [5.74, 6) is 0. The van der Waals surface area contributed by atoms with E-state index in [4.69, 9.17) is 0 Å². The molecule has 0 bridgehead atoms. The lowest BCUT2D eigenvalue weighted by Crippen LogP contribution is -2.10. The van der Waals surface area contributed by atoms with Crippen molar-refractivity contribution in [2.45, 2.75) is 13.8 Å². The van der Waals surface area contributed by atoms with Gasteiger partial charge in [-0.1, -0.05) is 145 Å². The third kappa shape index (κ3) is 7.76. The monoisotopic (exact) mass is 922 g/mol. The summed E-state index contributed by atoms with van der Waals surface area (Å²) in [6.07, 6.45) is 0. The molecule has 0 atom stereocenters. The van der Waals surface area contributed by atoms with Crippen LogP contribution in [0.25, 0.3) is 77.2 Å². The fraction of sp³-hybridized carbons (Fsp3) is 0.0294. The van der Waals surface area contributed by atoms with E-state index in [9.17, 15) is 0 Å². The molecule has 4 nitrogen and oxygen atoms in total. The van der Waals surface area contributed by atoms with Gasteiger partial charge in [0.15, 0.2) is 0 Å². The Morgan fingerprint density at radius 2 is 0.611 bits per heavy atom. The smallest absolute Gasteiger partial charge is 0.0542 e. The maximum Gasteiger partial charge on any atom is 0.0542 e. The molecule has 0 aliphatic rings. The summed E-state index contributed by atoms with van der Waals surface area (Å²) in [5.41, 5.74) is 18.2. The molecule has 11 aromatic carbocycles. The van der Waals surface area contributed by atoms with Crippen molar-refractivity contribution < 1.29 is 0 Å². The number of para-hydroxylation sites is 2. The van der Waals surface area contributed by atoms with Gasteiger partial charge in [-0.3, -0.25) is 0 Å². The van der Waals surface area contributed by atoms with Crippen LogP contribution in [0.2, 0.25) is 0 Å². The standard InChI is InChI=1S/C68H50N4/c1-47-15-13-21-53(39-47)65-43-55-45-68-56(46-67(55)71(65)61-35-31-59(32-36-61)69(57-23-5-3-6-24-57)63-29-27-49-17-9-11-19-51(49)41-63)44-66(54-22-14-16-48(2)40-54)72(68)62-37-33-60(34-38-62)70(58-25-7-4-8-26-58)64-30-28-50-18-10-12-20-52(50)42-64/h3-46H,1-2H3. The van der Waals surface area contributed by atoms with Gasteiger partial charge in [-0.2, -0.15) is 0 Å².